The summed E-state index contributed by atoms with van der Waals surface area (Å²) in [6.07, 6.45) is 10.3. The third kappa shape index (κ3) is 3.89. The maximum Gasteiger partial charge on any atom is 0.241 e. The molecular formula is C20H21F2N3OS. The Balaban J connectivity index is 2.02. The van der Waals surface area contributed by atoms with Gasteiger partial charge in [-0.2, -0.15) is 5.10 Å². The number of thioether (sulfide) groups is 1. The van der Waals surface area contributed by atoms with Crippen molar-refractivity contribution in [3.8, 4) is 0 Å². The first-order valence-corrected chi connectivity index (χ1v) is 9.45. The molecule has 0 saturated carbocycles. The Morgan fingerprint density at radius 3 is 2.85 bits per heavy atom. The number of nitrogens with zero attached hydrogens (tertiary/aromatic N) is 2. The highest BCUT2D eigenvalue weighted by atomic mass is 32.2. The van der Waals surface area contributed by atoms with Crippen molar-refractivity contribution < 1.29 is 13.6 Å². The van der Waals surface area contributed by atoms with Gasteiger partial charge < -0.3 is 5.73 Å². The highest BCUT2D eigenvalue weighted by Crippen LogP contribution is 2.46. The minimum absolute atomic E-state index is 0.0484. The Labute approximate surface area is 161 Å². The molecular weight excluding hydrogens is 368 g/mol. The van der Waals surface area contributed by atoms with Crippen LogP contribution in [0.5, 0.6) is 0 Å². The number of rotatable bonds is 3. The third-order valence-corrected chi connectivity index (χ3v) is 5.96. The van der Waals surface area contributed by atoms with E-state index in [0.29, 0.717) is 13.0 Å². The van der Waals surface area contributed by atoms with Gasteiger partial charge in [0.2, 0.25) is 5.91 Å². The molecule has 2 aliphatic rings. The molecule has 0 fully saturated rings. The highest BCUT2D eigenvalue weighted by molar-refractivity contribution is 8.16. The monoisotopic (exact) mass is 389 g/mol. The third-order valence-electron chi connectivity index (χ3n) is 4.63. The van der Waals surface area contributed by atoms with Gasteiger partial charge in [0.15, 0.2) is 0 Å². The molecule has 1 heterocycles. The number of hydrogen-bond acceptors (Lipinski definition) is 4. The standard InChI is InChI=1S/C20H21F2N3OS/c1-13(26)25-20(2,15-7-5-3-4-6-14(10-15)12-23)27-19(24-25)17-11-16(21)8-9-18(17)22/h3-9,11,14H,10,12,23H2,1-2H3/b5-3-,6-4?,15-7+. The van der Waals surface area contributed by atoms with E-state index >= 15 is 0 Å². The minimum atomic E-state index is -0.844. The molecule has 0 aromatic heterocycles. The summed E-state index contributed by atoms with van der Waals surface area (Å²) in [6, 6.07) is 3.22. The van der Waals surface area contributed by atoms with Crippen LogP contribution in [0.15, 0.2) is 59.3 Å². The van der Waals surface area contributed by atoms with Crippen LogP contribution in [0.1, 0.15) is 25.8 Å². The van der Waals surface area contributed by atoms with Gasteiger partial charge in [-0.05, 0) is 49.6 Å². The largest absolute Gasteiger partial charge is 0.330 e. The normalized spacial score (nSPS) is 28.2. The Morgan fingerprint density at radius 1 is 1.37 bits per heavy atom. The molecule has 1 aromatic carbocycles. The maximum absolute atomic E-state index is 14.3. The minimum Gasteiger partial charge on any atom is -0.330 e. The number of halogens is 2. The van der Waals surface area contributed by atoms with E-state index in [2.05, 4.69) is 5.10 Å². The molecule has 0 spiro atoms. The average molecular weight is 389 g/mol. The van der Waals surface area contributed by atoms with Gasteiger partial charge in [-0.3, -0.25) is 4.79 Å². The summed E-state index contributed by atoms with van der Waals surface area (Å²) < 4.78 is 27.9. The molecule has 2 atom stereocenters. The lowest BCUT2D eigenvalue weighted by molar-refractivity contribution is -0.130. The molecule has 0 saturated heterocycles. The van der Waals surface area contributed by atoms with Gasteiger partial charge in [-0.15, -0.1) is 0 Å². The fourth-order valence-corrected chi connectivity index (χ4v) is 4.47. The van der Waals surface area contributed by atoms with E-state index in [4.69, 9.17) is 5.73 Å². The number of carbonyl (C=O) groups excluding carboxylic acids is 1. The maximum atomic E-state index is 14.3. The molecule has 27 heavy (non-hydrogen) atoms. The van der Waals surface area contributed by atoms with Crippen LogP contribution in [0.4, 0.5) is 8.78 Å². The predicted octanol–water partition coefficient (Wildman–Crippen LogP) is 3.96. The molecule has 7 heteroatoms. The lowest BCUT2D eigenvalue weighted by atomic mass is 9.92. The van der Waals surface area contributed by atoms with Crippen molar-refractivity contribution in [1.29, 1.82) is 0 Å². The van der Waals surface area contributed by atoms with Crippen molar-refractivity contribution in [1.82, 2.24) is 5.01 Å². The van der Waals surface area contributed by atoms with E-state index in [-0.39, 0.29) is 22.4 Å². The van der Waals surface area contributed by atoms with Gasteiger partial charge in [-0.1, -0.05) is 42.1 Å². The summed E-state index contributed by atoms with van der Waals surface area (Å²) in [4.78, 5) is 11.4. The predicted molar refractivity (Wildman–Crippen MR) is 105 cm³/mol. The van der Waals surface area contributed by atoms with Crippen LogP contribution < -0.4 is 5.73 Å². The van der Waals surface area contributed by atoms with Crippen molar-refractivity contribution in [3.05, 3.63) is 71.4 Å². The van der Waals surface area contributed by atoms with Gasteiger partial charge in [0.1, 0.15) is 21.5 Å². The van der Waals surface area contributed by atoms with Gasteiger partial charge >= 0.3 is 0 Å². The lowest BCUT2D eigenvalue weighted by Crippen LogP contribution is -2.42. The van der Waals surface area contributed by atoms with E-state index in [1.54, 1.807) is 0 Å². The molecule has 1 aromatic rings. The number of nitrogens with two attached hydrogens (primary N) is 1. The summed E-state index contributed by atoms with van der Waals surface area (Å²) in [5.41, 5.74) is 6.85. The fourth-order valence-electron chi connectivity index (χ4n) is 3.16. The number of benzene rings is 1. The summed E-state index contributed by atoms with van der Waals surface area (Å²) in [5.74, 6) is -1.30. The number of allylic oxidation sites excluding steroid dienone is 4. The topological polar surface area (TPSA) is 58.7 Å². The van der Waals surface area contributed by atoms with Crippen LogP contribution in [-0.2, 0) is 4.79 Å². The zero-order valence-electron chi connectivity index (χ0n) is 15.2. The van der Waals surface area contributed by atoms with E-state index < -0.39 is 16.5 Å². The number of carbonyl (C=O) groups is 1. The number of hydrazone groups is 1. The first-order chi connectivity index (χ1) is 12.8. The second-order valence-electron chi connectivity index (χ2n) is 6.61. The SMILES string of the molecule is CC(=O)N1N=C(c2cc(F)ccc2F)SC1(C)/C1=C/C=C\C=CC(CN)C1. The molecule has 1 aliphatic carbocycles. The second kappa shape index (κ2) is 7.78. The summed E-state index contributed by atoms with van der Waals surface area (Å²) in [6.45, 7) is 3.74. The average Bonchev–Trinajstić information content (AvgIpc) is 2.96. The Hall–Kier alpha value is -2.25. The van der Waals surface area contributed by atoms with Crippen molar-refractivity contribution >= 4 is 22.7 Å². The van der Waals surface area contributed by atoms with Crippen LogP contribution in [0.2, 0.25) is 0 Å². The molecule has 1 aliphatic heterocycles. The smallest absolute Gasteiger partial charge is 0.241 e. The van der Waals surface area contributed by atoms with Crippen LogP contribution in [0.25, 0.3) is 0 Å². The molecule has 142 valence electrons. The molecule has 2 N–H and O–H groups in total. The van der Waals surface area contributed by atoms with E-state index in [0.717, 1.165) is 23.8 Å². The first kappa shape index (κ1) is 19.5. The number of hydrogen-bond donors (Lipinski definition) is 1. The van der Waals surface area contributed by atoms with Crippen LogP contribution in [-0.4, -0.2) is 27.4 Å². The van der Waals surface area contributed by atoms with E-state index in [1.807, 2.05) is 37.3 Å². The molecule has 1 amide bonds. The zero-order chi connectivity index (χ0) is 19.6. The van der Waals surface area contributed by atoms with Crippen LogP contribution in [0.3, 0.4) is 0 Å². The number of amides is 1. The summed E-state index contributed by atoms with van der Waals surface area (Å²) >= 11 is 1.24. The van der Waals surface area contributed by atoms with E-state index in [1.165, 1.54) is 23.7 Å². The van der Waals surface area contributed by atoms with Crippen molar-refractivity contribution in [2.24, 2.45) is 16.8 Å². The van der Waals surface area contributed by atoms with Gasteiger partial charge in [-0.25, -0.2) is 13.8 Å². The van der Waals surface area contributed by atoms with Crippen molar-refractivity contribution in [2.45, 2.75) is 25.1 Å². The summed E-state index contributed by atoms with van der Waals surface area (Å²) in [5, 5.41) is 5.95. The Kier molecular flexibility index (Phi) is 5.62. The van der Waals surface area contributed by atoms with E-state index in [9.17, 15) is 13.6 Å². The van der Waals surface area contributed by atoms with Crippen molar-refractivity contribution in [2.75, 3.05) is 6.54 Å². The van der Waals surface area contributed by atoms with Crippen LogP contribution in [0, 0.1) is 17.6 Å². The van der Waals surface area contributed by atoms with Gasteiger partial charge in [0.25, 0.3) is 0 Å². The Bertz CT molecular complexity index is 878. The summed E-state index contributed by atoms with van der Waals surface area (Å²) in [7, 11) is 0. The molecule has 2 unspecified atom stereocenters. The Morgan fingerprint density at radius 2 is 2.15 bits per heavy atom. The van der Waals surface area contributed by atoms with Gasteiger partial charge in [0.05, 0.1) is 0 Å². The molecule has 4 nitrogen and oxygen atoms in total. The zero-order valence-corrected chi connectivity index (χ0v) is 16.0. The molecule has 0 radical (unpaired) electrons. The molecule has 3 rings (SSSR count). The second-order valence-corrected chi connectivity index (χ2v) is 7.99. The first-order valence-electron chi connectivity index (χ1n) is 8.63. The molecule has 0 bridgehead atoms. The van der Waals surface area contributed by atoms with Gasteiger partial charge in [0, 0.05) is 12.5 Å². The fraction of sp³-hybridized carbons (Fsp3) is 0.300. The quantitative estimate of drug-likeness (QED) is 0.851. The highest BCUT2D eigenvalue weighted by Gasteiger charge is 2.45. The van der Waals surface area contributed by atoms with Crippen molar-refractivity contribution in [3.63, 3.8) is 0 Å². The van der Waals surface area contributed by atoms with Crippen LogP contribution >= 0.6 is 11.8 Å². The lowest BCUT2D eigenvalue weighted by Gasteiger charge is -2.34.